The summed E-state index contributed by atoms with van der Waals surface area (Å²) in [5.74, 6) is 2.06. The first-order chi connectivity index (χ1) is 16.5. The molecule has 5 rings (SSSR count). The lowest BCUT2D eigenvalue weighted by atomic mass is 10.1. The summed E-state index contributed by atoms with van der Waals surface area (Å²) in [4.78, 5) is 16.0. The summed E-state index contributed by atoms with van der Waals surface area (Å²) >= 11 is 0. The smallest absolute Gasteiger partial charge is 0.411 e. The van der Waals surface area contributed by atoms with Crippen LogP contribution in [0.4, 0.5) is 16.2 Å². The molecule has 0 aliphatic heterocycles. The lowest BCUT2D eigenvalue weighted by Gasteiger charge is -2.13. The minimum absolute atomic E-state index is 0.179. The third-order valence-electron chi connectivity index (χ3n) is 5.80. The third kappa shape index (κ3) is 4.68. The Bertz CT molecular complexity index is 1290. The van der Waals surface area contributed by atoms with Gasteiger partial charge >= 0.3 is 6.09 Å². The molecule has 4 N–H and O–H groups in total. The number of rotatable bonds is 8. The zero-order chi connectivity index (χ0) is 23.7. The fraction of sp³-hybridized carbons (Fsp3) is 0.320. The van der Waals surface area contributed by atoms with E-state index in [0.717, 1.165) is 40.1 Å². The van der Waals surface area contributed by atoms with Crippen molar-refractivity contribution < 1.29 is 14.3 Å². The van der Waals surface area contributed by atoms with Crippen molar-refractivity contribution in [3.63, 3.8) is 0 Å². The molecule has 2 heterocycles. The number of benzene rings is 2. The minimum atomic E-state index is -0.469. The molecule has 9 heteroatoms. The lowest BCUT2D eigenvalue weighted by Crippen LogP contribution is -2.17. The molecule has 0 bridgehead atoms. The molecule has 0 atom stereocenters. The molecule has 1 amide bonds. The van der Waals surface area contributed by atoms with Crippen molar-refractivity contribution >= 4 is 28.4 Å². The van der Waals surface area contributed by atoms with Gasteiger partial charge in [-0.3, -0.25) is 10.4 Å². The van der Waals surface area contributed by atoms with Crippen molar-refractivity contribution in [1.82, 2.24) is 19.7 Å². The molecular weight excluding hydrogens is 432 g/mol. The van der Waals surface area contributed by atoms with Crippen LogP contribution in [0.15, 0.2) is 48.8 Å². The second-order valence-corrected chi connectivity index (χ2v) is 8.87. The Balaban J connectivity index is 1.46. The molecule has 34 heavy (non-hydrogen) atoms. The molecular formula is C25H28N6O3. The SMILES string of the molecule is CC(C)OC(=O)Nc1ccc(-c2c(N)c3ccc(OCc4ncn[nH]4)cc3n2CC2CC2)cc1. The van der Waals surface area contributed by atoms with Crippen molar-refractivity contribution in [2.24, 2.45) is 5.92 Å². The molecule has 2 aromatic heterocycles. The predicted molar refractivity (Wildman–Crippen MR) is 130 cm³/mol. The van der Waals surface area contributed by atoms with E-state index in [1.54, 1.807) is 0 Å². The van der Waals surface area contributed by atoms with Gasteiger partial charge in [0.15, 0.2) is 5.82 Å². The number of H-pyrrole nitrogens is 1. The van der Waals surface area contributed by atoms with Crippen LogP contribution in [-0.2, 0) is 17.9 Å². The molecule has 0 radical (unpaired) electrons. The number of hydrogen-bond acceptors (Lipinski definition) is 6. The molecule has 9 nitrogen and oxygen atoms in total. The average molecular weight is 461 g/mol. The quantitative estimate of drug-likeness (QED) is 0.342. The van der Waals surface area contributed by atoms with E-state index in [-0.39, 0.29) is 6.10 Å². The summed E-state index contributed by atoms with van der Waals surface area (Å²) in [5, 5.41) is 10.4. The van der Waals surface area contributed by atoms with Gasteiger partial charge in [-0.15, -0.1) is 0 Å². The number of carbonyl (C=O) groups excluding carboxylic acids is 1. The number of hydrogen-bond donors (Lipinski definition) is 3. The van der Waals surface area contributed by atoms with Crippen LogP contribution in [0, 0.1) is 5.92 Å². The van der Waals surface area contributed by atoms with Gasteiger partial charge in [0.1, 0.15) is 18.7 Å². The summed E-state index contributed by atoms with van der Waals surface area (Å²) in [5.41, 5.74) is 11.1. The molecule has 176 valence electrons. The second kappa shape index (κ2) is 9.09. The number of ether oxygens (including phenoxy) is 2. The number of nitrogens with one attached hydrogen (secondary N) is 2. The Morgan fingerprint density at radius 3 is 2.71 bits per heavy atom. The number of anilines is 2. The van der Waals surface area contributed by atoms with E-state index in [0.29, 0.717) is 24.0 Å². The molecule has 4 aromatic rings. The van der Waals surface area contributed by atoms with Gasteiger partial charge in [0, 0.05) is 29.2 Å². The van der Waals surface area contributed by atoms with Crippen LogP contribution in [0.25, 0.3) is 22.2 Å². The van der Waals surface area contributed by atoms with E-state index in [2.05, 4.69) is 25.1 Å². The predicted octanol–water partition coefficient (Wildman–Crippen LogP) is 4.95. The van der Waals surface area contributed by atoms with E-state index in [1.807, 2.05) is 56.3 Å². The fourth-order valence-corrected chi connectivity index (χ4v) is 4.03. The average Bonchev–Trinajstić information content (AvgIpc) is 3.39. The summed E-state index contributed by atoms with van der Waals surface area (Å²) in [6.07, 6.45) is 3.26. The third-order valence-corrected chi connectivity index (χ3v) is 5.80. The van der Waals surface area contributed by atoms with Gasteiger partial charge in [-0.25, -0.2) is 9.78 Å². The van der Waals surface area contributed by atoms with Crippen molar-refractivity contribution in [2.45, 2.75) is 45.9 Å². The highest BCUT2D eigenvalue weighted by Gasteiger charge is 2.26. The zero-order valence-corrected chi connectivity index (χ0v) is 19.2. The van der Waals surface area contributed by atoms with E-state index >= 15 is 0 Å². The van der Waals surface area contributed by atoms with Gasteiger partial charge < -0.3 is 19.8 Å². The van der Waals surface area contributed by atoms with E-state index in [9.17, 15) is 4.79 Å². The molecule has 0 unspecified atom stereocenters. The van der Waals surface area contributed by atoms with Crippen LogP contribution in [0.2, 0.25) is 0 Å². The van der Waals surface area contributed by atoms with Crippen LogP contribution in [0.5, 0.6) is 5.75 Å². The molecule has 0 saturated heterocycles. The number of aromatic amines is 1. The largest absolute Gasteiger partial charge is 0.486 e. The van der Waals surface area contributed by atoms with Crippen LogP contribution >= 0.6 is 0 Å². The minimum Gasteiger partial charge on any atom is -0.486 e. The monoisotopic (exact) mass is 460 g/mol. The Morgan fingerprint density at radius 1 is 1.24 bits per heavy atom. The topological polar surface area (TPSA) is 120 Å². The highest BCUT2D eigenvalue weighted by atomic mass is 16.6. The molecule has 2 aromatic carbocycles. The summed E-state index contributed by atoms with van der Waals surface area (Å²) < 4.78 is 13.4. The summed E-state index contributed by atoms with van der Waals surface area (Å²) in [7, 11) is 0. The number of nitrogens with zero attached hydrogens (tertiary/aromatic N) is 3. The van der Waals surface area contributed by atoms with Crippen LogP contribution < -0.4 is 15.8 Å². The highest BCUT2D eigenvalue weighted by Crippen LogP contribution is 2.41. The first-order valence-electron chi connectivity index (χ1n) is 11.4. The Morgan fingerprint density at radius 2 is 2.03 bits per heavy atom. The van der Waals surface area contributed by atoms with Gasteiger partial charge in [-0.1, -0.05) is 12.1 Å². The maximum absolute atomic E-state index is 11.9. The molecule has 1 fully saturated rings. The zero-order valence-electron chi connectivity index (χ0n) is 19.2. The van der Waals surface area contributed by atoms with E-state index < -0.39 is 6.09 Å². The second-order valence-electron chi connectivity index (χ2n) is 8.87. The maximum atomic E-state index is 11.9. The van der Waals surface area contributed by atoms with Crippen LogP contribution in [0.3, 0.4) is 0 Å². The first-order valence-corrected chi connectivity index (χ1v) is 11.4. The molecule has 1 aliphatic rings. The van der Waals surface area contributed by atoms with E-state index in [1.165, 1.54) is 19.2 Å². The van der Waals surface area contributed by atoms with Crippen molar-refractivity contribution in [1.29, 1.82) is 0 Å². The Labute approximate surface area is 197 Å². The van der Waals surface area contributed by atoms with Crippen LogP contribution in [-0.4, -0.2) is 31.9 Å². The first kappa shape index (κ1) is 21.8. The highest BCUT2D eigenvalue weighted by molar-refractivity contribution is 6.01. The van der Waals surface area contributed by atoms with E-state index in [4.69, 9.17) is 15.2 Å². The van der Waals surface area contributed by atoms with Crippen molar-refractivity contribution in [3.8, 4) is 17.0 Å². The summed E-state index contributed by atoms with van der Waals surface area (Å²) in [6, 6.07) is 13.6. The van der Waals surface area contributed by atoms with Gasteiger partial charge in [-0.2, -0.15) is 5.10 Å². The molecule has 1 aliphatic carbocycles. The number of nitrogen functional groups attached to an aromatic ring is 1. The number of nitrogens with two attached hydrogens (primary N) is 1. The van der Waals surface area contributed by atoms with Gasteiger partial charge in [0.2, 0.25) is 0 Å². The van der Waals surface area contributed by atoms with Crippen LogP contribution in [0.1, 0.15) is 32.5 Å². The number of amides is 1. The Hall–Kier alpha value is -4.01. The molecule has 1 saturated carbocycles. The standard InChI is InChI=1S/C25H28N6O3/c1-15(2)34-25(32)29-18-7-5-17(6-8-18)24-23(26)20-10-9-19(33-13-22-27-14-28-30-22)11-21(20)31(24)12-16-3-4-16/h5-11,14-16H,3-4,12-13,26H2,1-2H3,(H,29,32)(H,27,28,30). The normalized spacial score (nSPS) is 13.4. The summed E-state index contributed by atoms with van der Waals surface area (Å²) in [6.45, 7) is 4.84. The van der Waals surface area contributed by atoms with Gasteiger partial charge in [0.05, 0.1) is 23.0 Å². The van der Waals surface area contributed by atoms with Crippen molar-refractivity contribution in [3.05, 3.63) is 54.6 Å². The van der Waals surface area contributed by atoms with Gasteiger partial charge in [-0.05, 0) is 56.9 Å². The lowest BCUT2D eigenvalue weighted by molar-refractivity contribution is 0.130. The molecule has 0 spiro atoms. The fourth-order valence-electron chi connectivity index (χ4n) is 4.03. The number of aromatic nitrogens is 4. The maximum Gasteiger partial charge on any atom is 0.411 e. The number of fused-ring (bicyclic) bond motifs is 1. The Kier molecular flexibility index (Phi) is 5.83. The number of carbonyl (C=O) groups is 1. The van der Waals surface area contributed by atoms with Crippen molar-refractivity contribution in [2.75, 3.05) is 11.1 Å². The van der Waals surface area contributed by atoms with Gasteiger partial charge in [0.25, 0.3) is 0 Å².